The first-order chi connectivity index (χ1) is 15.5. The maximum Gasteiger partial charge on any atom is 0.363 e. The van der Waals surface area contributed by atoms with Gasteiger partial charge in [-0.1, -0.05) is 48.7 Å². The van der Waals surface area contributed by atoms with E-state index < -0.39 is 17.8 Å². The standard InChI is InChI=1S/C18H16N2O4S2.C2H7NS.CH5N/c1-12(25-26-15-4-2-3-11-19-15)13-5-7-14(8-6-13)18(23)24-20-16(21)9-10-17(20)22;1-2-3-4;1-2/h2-8,11-12H,9-10H2,1H3;3-4H,2H2,1H3;2H2,1H3. The molecule has 1 saturated heterocycles. The van der Waals surface area contributed by atoms with E-state index in [9.17, 15) is 14.4 Å². The lowest BCUT2D eigenvalue weighted by molar-refractivity contribution is -0.172. The molecule has 0 radical (unpaired) electrons. The van der Waals surface area contributed by atoms with Gasteiger partial charge in [0.2, 0.25) is 0 Å². The van der Waals surface area contributed by atoms with Crippen LogP contribution < -0.4 is 10.5 Å². The predicted molar refractivity (Wildman–Crippen MR) is 132 cm³/mol. The fourth-order valence-electron chi connectivity index (χ4n) is 2.26. The van der Waals surface area contributed by atoms with Crippen LogP contribution in [0.2, 0.25) is 0 Å². The van der Waals surface area contributed by atoms with Crippen LogP contribution in [-0.2, 0) is 14.4 Å². The Hall–Kier alpha value is -2.05. The first-order valence-electron chi connectivity index (χ1n) is 9.83. The van der Waals surface area contributed by atoms with Gasteiger partial charge in [-0.15, -0.1) is 5.06 Å². The van der Waals surface area contributed by atoms with Crippen LogP contribution in [0.1, 0.15) is 47.9 Å². The zero-order valence-electron chi connectivity index (χ0n) is 18.2. The summed E-state index contributed by atoms with van der Waals surface area (Å²) in [5, 5.41) is 1.68. The molecular weight excluding hydrogens is 468 g/mol. The number of benzene rings is 1. The zero-order valence-corrected chi connectivity index (χ0v) is 20.7. The summed E-state index contributed by atoms with van der Waals surface area (Å²) in [7, 11) is 4.75. The third-order valence-corrected chi connectivity index (χ3v) is 6.92. The molecule has 0 saturated carbocycles. The van der Waals surface area contributed by atoms with Crippen LogP contribution in [0.4, 0.5) is 0 Å². The molecule has 1 aromatic heterocycles. The molecule has 2 heterocycles. The summed E-state index contributed by atoms with van der Waals surface area (Å²) in [4.78, 5) is 44.3. The monoisotopic (exact) mass is 496 g/mol. The molecule has 1 aliphatic heterocycles. The van der Waals surface area contributed by atoms with Crippen molar-refractivity contribution in [2.75, 3.05) is 13.6 Å². The molecule has 11 heteroatoms. The molecule has 3 rings (SSSR count). The molecule has 174 valence electrons. The highest BCUT2D eigenvalue weighted by atomic mass is 33.1. The molecule has 0 aliphatic carbocycles. The lowest BCUT2D eigenvalue weighted by Gasteiger charge is -2.13. The van der Waals surface area contributed by atoms with Crippen molar-refractivity contribution in [1.29, 1.82) is 0 Å². The molecule has 3 N–H and O–H groups in total. The van der Waals surface area contributed by atoms with Crippen molar-refractivity contribution in [1.82, 2.24) is 14.8 Å². The fraction of sp³-hybridized carbons (Fsp3) is 0.333. The van der Waals surface area contributed by atoms with Crippen molar-refractivity contribution in [2.24, 2.45) is 5.73 Å². The van der Waals surface area contributed by atoms with Gasteiger partial charge in [0.05, 0.1) is 5.56 Å². The molecular formula is C21H28N4O4S3. The van der Waals surface area contributed by atoms with Gasteiger partial charge in [0.1, 0.15) is 5.03 Å². The third kappa shape index (κ3) is 9.21. The molecule has 2 amide bonds. The highest BCUT2D eigenvalue weighted by molar-refractivity contribution is 8.76. The Balaban J connectivity index is 0.000000769. The maximum atomic E-state index is 12.1. The summed E-state index contributed by atoms with van der Waals surface area (Å²) in [5.41, 5.74) is 5.83. The average Bonchev–Trinajstić information content (AvgIpc) is 3.16. The second-order valence-corrected chi connectivity index (χ2v) is 8.96. The van der Waals surface area contributed by atoms with Crippen molar-refractivity contribution < 1.29 is 19.2 Å². The molecule has 0 spiro atoms. The van der Waals surface area contributed by atoms with Gasteiger partial charge in [-0.05, 0) is 54.6 Å². The molecule has 1 unspecified atom stereocenters. The van der Waals surface area contributed by atoms with Gasteiger partial charge in [0.25, 0.3) is 11.8 Å². The number of hydroxylamine groups is 2. The number of aromatic nitrogens is 1. The molecule has 2 aromatic rings. The zero-order chi connectivity index (χ0) is 23.9. The van der Waals surface area contributed by atoms with Crippen LogP contribution in [0.25, 0.3) is 0 Å². The highest BCUT2D eigenvalue weighted by Gasteiger charge is 2.33. The van der Waals surface area contributed by atoms with Crippen LogP contribution in [-0.4, -0.2) is 41.4 Å². The number of hydrogen-bond acceptors (Lipinski definition) is 10. The summed E-state index contributed by atoms with van der Waals surface area (Å²) in [6, 6.07) is 12.7. The van der Waals surface area contributed by atoms with Crippen molar-refractivity contribution in [2.45, 2.75) is 37.0 Å². The summed E-state index contributed by atoms with van der Waals surface area (Å²) >= 11 is 3.67. The number of imide groups is 1. The first-order valence-corrected chi connectivity index (χ1v) is 12.5. The minimum absolute atomic E-state index is 0.0771. The predicted octanol–water partition coefficient (Wildman–Crippen LogP) is 3.82. The van der Waals surface area contributed by atoms with Gasteiger partial charge < -0.3 is 10.6 Å². The summed E-state index contributed by atoms with van der Waals surface area (Å²) in [6.07, 6.45) is 1.91. The molecule has 1 fully saturated rings. The van der Waals surface area contributed by atoms with E-state index in [4.69, 9.17) is 4.84 Å². The Labute approximate surface area is 202 Å². The average molecular weight is 497 g/mol. The lowest BCUT2D eigenvalue weighted by Crippen LogP contribution is -2.32. The van der Waals surface area contributed by atoms with E-state index in [0.29, 0.717) is 5.06 Å². The van der Waals surface area contributed by atoms with Crippen LogP contribution in [0.3, 0.4) is 0 Å². The van der Waals surface area contributed by atoms with Gasteiger partial charge in [-0.25, -0.2) is 9.78 Å². The van der Waals surface area contributed by atoms with Crippen molar-refractivity contribution in [3.8, 4) is 0 Å². The van der Waals surface area contributed by atoms with E-state index in [1.807, 2.05) is 37.3 Å². The molecule has 1 atom stereocenters. The van der Waals surface area contributed by atoms with E-state index in [-0.39, 0.29) is 23.7 Å². The number of nitrogens with zero attached hydrogens (tertiary/aromatic N) is 2. The SMILES string of the molecule is CC(SSc1ccccn1)c1ccc(C(=O)ON2C(=O)CCC2=O)cc1.CCNS.CN. The number of nitrogens with one attached hydrogen (secondary N) is 1. The number of pyridine rings is 1. The maximum absolute atomic E-state index is 12.1. The number of rotatable bonds is 7. The van der Waals surface area contributed by atoms with E-state index in [1.165, 1.54) is 7.05 Å². The smallest absolute Gasteiger partial charge is 0.333 e. The summed E-state index contributed by atoms with van der Waals surface area (Å²) in [6.45, 7) is 4.99. The van der Waals surface area contributed by atoms with Gasteiger partial charge in [-0.2, -0.15) is 0 Å². The van der Waals surface area contributed by atoms with E-state index in [1.54, 1.807) is 39.9 Å². The van der Waals surface area contributed by atoms with Gasteiger partial charge in [0.15, 0.2) is 0 Å². The molecule has 8 nitrogen and oxygen atoms in total. The minimum atomic E-state index is -0.719. The Morgan fingerprint density at radius 2 is 1.78 bits per heavy atom. The number of nitrogens with two attached hydrogens (primary N) is 1. The van der Waals surface area contributed by atoms with Gasteiger partial charge in [-0.3, -0.25) is 14.3 Å². The van der Waals surface area contributed by atoms with Gasteiger partial charge >= 0.3 is 5.97 Å². The Morgan fingerprint density at radius 1 is 1.19 bits per heavy atom. The molecule has 32 heavy (non-hydrogen) atoms. The highest BCUT2D eigenvalue weighted by Crippen LogP contribution is 2.41. The lowest BCUT2D eigenvalue weighted by atomic mass is 10.1. The number of amides is 2. The van der Waals surface area contributed by atoms with Crippen LogP contribution >= 0.6 is 34.4 Å². The Bertz CT molecular complexity index is 836. The second-order valence-electron chi connectivity index (χ2n) is 6.08. The third-order valence-electron chi connectivity index (χ3n) is 3.87. The van der Waals surface area contributed by atoms with Crippen molar-refractivity contribution in [3.63, 3.8) is 0 Å². The second kappa shape index (κ2) is 15.7. The van der Waals surface area contributed by atoms with Crippen molar-refractivity contribution in [3.05, 3.63) is 59.8 Å². The van der Waals surface area contributed by atoms with E-state index in [0.717, 1.165) is 17.1 Å². The minimum Gasteiger partial charge on any atom is -0.333 e. The number of carbonyl (C=O) groups is 3. The van der Waals surface area contributed by atoms with Gasteiger partial charge in [0, 0.05) is 30.8 Å². The first kappa shape index (κ1) is 28.0. The van der Waals surface area contributed by atoms with Crippen molar-refractivity contribution >= 4 is 52.2 Å². The number of thiol groups is 1. The van der Waals surface area contributed by atoms with Crippen LogP contribution in [0.15, 0.2) is 53.7 Å². The van der Waals surface area contributed by atoms with E-state index >= 15 is 0 Å². The summed E-state index contributed by atoms with van der Waals surface area (Å²) < 4.78 is 2.62. The number of hydrogen-bond donors (Lipinski definition) is 3. The van der Waals surface area contributed by atoms with Crippen LogP contribution in [0.5, 0.6) is 0 Å². The largest absolute Gasteiger partial charge is 0.363 e. The van der Waals surface area contributed by atoms with E-state index in [2.05, 4.69) is 35.2 Å². The van der Waals surface area contributed by atoms with Crippen LogP contribution in [0, 0.1) is 0 Å². The quantitative estimate of drug-likeness (QED) is 0.299. The Morgan fingerprint density at radius 3 is 2.28 bits per heavy atom. The number of carbonyl (C=O) groups excluding carboxylic acids is 3. The summed E-state index contributed by atoms with van der Waals surface area (Å²) in [5.74, 6) is -1.70. The Kier molecular flexibility index (Phi) is 13.7. The normalized spacial score (nSPS) is 13.5. The molecule has 1 aliphatic rings. The topological polar surface area (TPSA) is 115 Å². The molecule has 0 bridgehead atoms. The fourth-order valence-corrected chi connectivity index (χ4v) is 4.36. The molecule has 1 aromatic carbocycles.